The van der Waals surface area contributed by atoms with Crippen molar-refractivity contribution in [3.05, 3.63) is 59.5 Å². The molecule has 3 aliphatic rings. The zero-order chi connectivity index (χ0) is 23.4. The number of carbonyl (C=O) groups is 3. The van der Waals surface area contributed by atoms with Crippen molar-refractivity contribution in [1.82, 2.24) is 24.3 Å². The van der Waals surface area contributed by atoms with E-state index in [1.165, 1.54) is 17.0 Å². The molecule has 34 heavy (non-hydrogen) atoms. The van der Waals surface area contributed by atoms with Crippen LogP contribution in [-0.4, -0.2) is 55.1 Å². The largest absolute Gasteiger partial charge is 0.299 e. The van der Waals surface area contributed by atoms with Gasteiger partial charge in [-0.3, -0.25) is 23.7 Å². The van der Waals surface area contributed by atoms with Gasteiger partial charge in [-0.1, -0.05) is 13.0 Å². The molecule has 8 heteroatoms. The Balaban J connectivity index is 1.34. The lowest BCUT2D eigenvalue weighted by molar-refractivity contribution is -0.163. The molecular weight excluding hydrogens is 430 g/mol. The third kappa shape index (κ3) is 3.49. The minimum absolute atomic E-state index is 0.220. The summed E-state index contributed by atoms with van der Waals surface area (Å²) in [5.74, 6) is -0.174. The fraction of sp³-hybridized carbons (Fsp3) is 0.385. The van der Waals surface area contributed by atoms with Crippen molar-refractivity contribution in [1.29, 1.82) is 0 Å². The summed E-state index contributed by atoms with van der Waals surface area (Å²) >= 11 is 0. The first-order chi connectivity index (χ1) is 16.5. The van der Waals surface area contributed by atoms with Gasteiger partial charge in [-0.15, -0.1) is 0 Å². The first kappa shape index (κ1) is 21.0. The van der Waals surface area contributed by atoms with Gasteiger partial charge in [-0.2, -0.15) is 5.01 Å². The predicted molar refractivity (Wildman–Crippen MR) is 125 cm³/mol. The number of aromatic nitrogens is 2. The van der Waals surface area contributed by atoms with Gasteiger partial charge < -0.3 is 0 Å². The number of hydrogen-bond acceptors (Lipinski definition) is 5. The fourth-order valence-corrected chi connectivity index (χ4v) is 5.47. The van der Waals surface area contributed by atoms with Crippen LogP contribution < -0.4 is 0 Å². The molecular formula is C26H27N5O3. The summed E-state index contributed by atoms with van der Waals surface area (Å²) in [7, 11) is 0. The van der Waals surface area contributed by atoms with Gasteiger partial charge in [0, 0.05) is 31.5 Å². The van der Waals surface area contributed by atoms with E-state index in [-0.39, 0.29) is 37.1 Å². The Kier molecular flexibility index (Phi) is 4.99. The third-order valence-corrected chi connectivity index (χ3v) is 7.18. The topological polar surface area (TPSA) is 78.2 Å². The molecule has 3 aliphatic heterocycles. The quantitative estimate of drug-likeness (QED) is 0.562. The van der Waals surface area contributed by atoms with Gasteiger partial charge in [0.25, 0.3) is 5.91 Å². The molecule has 1 aromatic carbocycles. The number of hydrogen-bond donors (Lipinski definition) is 0. The first-order valence-corrected chi connectivity index (χ1v) is 12.0. The molecule has 0 radical (unpaired) electrons. The number of rotatable bonds is 4. The minimum atomic E-state index is -0.304. The summed E-state index contributed by atoms with van der Waals surface area (Å²) in [6, 6.07) is 10.1. The van der Waals surface area contributed by atoms with Crippen LogP contribution in [0.3, 0.4) is 0 Å². The molecule has 3 amide bonds. The lowest BCUT2D eigenvalue weighted by Gasteiger charge is -2.32. The van der Waals surface area contributed by atoms with Crippen molar-refractivity contribution in [3.8, 4) is 11.3 Å². The van der Waals surface area contributed by atoms with Gasteiger partial charge in [0.1, 0.15) is 0 Å². The minimum Gasteiger partial charge on any atom is -0.299 e. The second-order valence-corrected chi connectivity index (χ2v) is 9.75. The SMILES string of the molecule is CC1CCN(Cc2cc(-c3ccc4c(c3)CN(N3C(=O)CCCC3=O)C4=O)n3cncc3c2)C1. The molecule has 8 nitrogen and oxygen atoms in total. The highest BCUT2D eigenvalue weighted by molar-refractivity contribution is 6.04. The normalized spacial score (nSPS) is 21.2. The number of fused-ring (bicyclic) bond motifs is 2. The van der Waals surface area contributed by atoms with E-state index in [2.05, 4.69) is 33.3 Å². The van der Waals surface area contributed by atoms with Crippen molar-refractivity contribution >= 4 is 23.2 Å². The second-order valence-electron chi connectivity index (χ2n) is 9.75. The number of imide groups is 1. The van der Waals surface area contributed by atoms with E-state index >= 15 is 0 Å². The van der Waals surface area contributed by atoms with Crippen LogP contribution in [0.15, 0.2) is 42.9 Å². The summed E-state index contributed by atoms with van der Waals surface area (Å²) in [5, 5.41) is 2.35. The molecule has 0 saturated carbocycles. The van der Waals surface area contributed by atoms with Crippen LogP contribution in [0.25, 0.3) is 16.8 Å². The zero-order valence-electron chi connectivity index (χ0n) is 19.2. The highest BCUT2D eigenvalue weighted by atomic mass is 16.2. The van der Waals surface area contributed by atoms with E-state index in [1.807, 2.05) is 30.7 Å². The van der Waals surface area contributed by atoms with Crippen molar-refractivity contribution in [2.45, 2.75) is 45.7 Å². The molecule has 0 aliphatic carbocycles. The summed E-state index contributed by atoms with van der Waals surface area (Å²) < 4.78 is 2.06. The summed E-state index contributed by atoms with van der Waals surface area (Å²) in [6.45, 7) is 5.65. The number of likely N-dealkylation sites (tertiary alicyclic amines) is 1. The van der Waals surface area contributed by atoms with Gasteiger partial charge in [0.2, 0.25) is 11.8 Å². The summed E-state index contributed by atoms with van der Waals surface area (Å²) in [5.41, 5.74) is 5.61. The van der Waals surface area contributed by atoms with E-state index in [4.69, 9.17) is 0 Å². The third-order valence-electron chi connectivity index (χ3n) is 7.18. The van der Waals surface area contributed by atoms with E-state index < -0.39 is 0 Å². The maximum atomic E-state index is 13.0. The van der Waals surface area contributed by atoms with Crippen LogP contribution >= 0.6 is 0 Å². The molecule has 1 atom stereocenters. The van der Waals surface area contributed by atoms with Crippen LogP contribution in [0, 0.1) is 5.92 Å². The number of piperidine rings is 1. The molecule has 2 saturated heterocycles. The molecule has 5 heterocycles. The molecule has 2 aromatic heterocycles. The van der Waals surface area contributed by atoms with Crippen molar-refractivity contribution < 1.29 is 14.4 Å². The number of hydrazine groups is 1. The molecule has 1 unspecified atom stereocenters. The lowest BCUT2D eigenvalue weighted by atomic mass is 10.0. The summed E-state index contributed by atoms with van der Waals surface area (Å²) in [6.07, 6.45) is 6.03. The van der Waals surface area contributed by atoms with Gasteiger partial charge in [-0.25, -0.2) is 9.99 Å². The molecule has 0 bridgehead atoms. The van der Waals surface area contributed by atoms with E-state index in [1.54, 1.807) is 0 Å². The van der Waals surface area contributed by atoms with Gasteiger partial charge >= 0.3 is 0 Å². The highest BCUT2D eigenvalue weighted by Crippen LogP contribution is 2.32. The van der Waals surface area contributed by atoms with Crippen LogP contribution in [0.1, 0.15) is 54.1 Å². The van der Waals surface area contributed by atoms with Crippen LogP contribution in [0.5, 0.6) is 0 Å². The molecule has 2 fully saturated rings. The standard InChI is InChI=1S/C26H27N5O3/c1-17-7-8-28(13-17)14-18-9-21-12-27-16-29(21)23(10-18)19-5-6-22-20(11-19)15-30(26(22)34)31-24(32)3-2-4-25(31)33/h5-6,9-12,16-17H,2-4,7-8,13-15H2,1H3. The van der Waals surface area contributed by atoms with Crippen LogP contribution in [0.2, 0.25) is 0 Å². The molecule has 174 valence electrons. The predicted octanol–water partition coefficient (Wildman–Crippen LogP) is 3.25. The average Bonchev–Trinajstić information content (AvgIpc) is 3.52. The van der Waals surface area contributed by atoms with Crippen molar-refractivity contribution in [2.24, 2.45) is 5.92 Å². The monoisotopic (exact) mass is 457 g/mol. The van der Waals surface area contributed by atoms with E-state index in [9.17, 15) is 14.4 Å². The Hall–Kier alpha value is -3.52. The zero-order valence-corrected chi connectivity index (χ0v) is 19.2. The number of amides is 3. The maximum absolute atomic E-state index is 13.0. The number of carbonyl (C=O) groups excluding carboxylic acids is 3. The van der Waals surface area contributed by atoms with E-state index in [0.29, 0.717) is 12.0 Å². The fourth-order valence-electron chi connectivity index (χ4n) is 5.47. The highest BCUT2D eigenvalue weighted by Gasteiger charge is 2.39. The number of imidazole rings is 1. The molecule has 3 aromatic rings. The van der Waals surface area contributed by atoms with Gasteiger partial charge in [0.15, 0.2) is 0 Å². The number of nitrogens with zero attached hydrogens (tertiary/aromatic N) is 5. The number of pyridine rings is 1. The Labute approximate surface area is 197 Å². The number of benzene rings is 1. The Morgan fingerprint density at radius 1 is 1.06 bits per heavy atom. The maximum Gasteiger partial charge on any atom is 0.273 e. The lowest BCUT2D eigenvalue weighted by Crippen LogP contribution is -2.51. The smallest absolute Gasteiger partial charge is 0.273 e. The Morgan fingerprint density at radius 2 is 1.88 bits per heavy atom. The average molecular weight is 458 g/mol. The van der Waals surface area contributed by atoms with Crippen LogP contribution in [-0.2, 0) is 22.7 Å². The molecule has 6 rings (SSSR count). The summed E-state index contributed by atoms with van der Waals surface area (Å²) in [4.78, 5) is 44.7. The Morgan fingerprint density at radius 3 is 2.65 bits per heavy atom. The van der Waals surface area contributed by atoms with Gasteiger partial charge in [0.05, 0.1) is 30.3 Å². The second kappa shape index (κ2) is 8.06. The molecule has 0 N–H and O–H groups in total. The van der Waals surface area contributed by atoms with Gasteiger partial charge in [-0.05, 0) is 66.3 Å². The van der Waals surface area contributed by atoms with E-state index in [0.717, 1.165) is 52.9 Å². The first-order valence-electron chi connectivity index (χ1n) is 12.0. The van der Waals surface area contributed by atoms with Crippen molar-refractivity contribution in [3.63, 3.8) is 0 Å². The Bertz CT molecular complexity index is 1310. The van der Waals surface area contributed by atoms with Crippen LogP contribution in [0.4, 0.5) is 0 Å². The van der Waals surface area contributed by atoms with Crippen molar-refractivity contribution in [2.75, 3.05) is 13.1 Å². The molecule has 0 spiro atoms.